The van der Waals surface area contributed by atoms with Crippen LogP contribution in [-0.2, 0) is 4.79 Å². The van der Waals surface area contributed by atoms with E-state index in [9.17, 15) is 9.59 Å². The Hall–Kier alpha value is -5.12. The molecule has 0 bridgehead atoms. The number of likely N-dealkylation sites (tertiary alicyclic amines) is 1. The number of halogens is 2. The molecular weight excluding hydrogens is 659 g/mol. The van der Waals surface area contributed by atoms with Crippen LogP contribution in [0.3, 0.4) is 0 Å². The number of rotatable bonds is 8. The number of amides is 2. The number of carbonyl (C=O) groups is 2. The molecule has 3 aromatic carbocycles. The number of hydrogen-bond acceptors (Lipinski definition) is 5. The summed E-state index contributed by atoms with van der Waals surface area (Å²) in [5.74, 6) is -0.0905. The number of carbonyl (C=O) groups excluding carboxylic acids is 2. The van der Waals surface area contributed by atoms with E-state index in [2.05, 4.69) is 26.8 Å². The van der Waals surface area contributed by atoms with Crippen LogP contribution in [0.15, 0.2) is 97.5 Å². The molecule has 248 valence electrons. The number of nitrogens with zero attached hydrogens (tertiary/aromatic N) is 4. The number of pyridine rings is 1. The van der Waals surface area contributed by atoms with Crippen LogP contribution in [0, 0.1) is 0 Å². The van der Waals surface area contributed by atoms with Crippen LogP contribution < -0.4 is 10.1 Å². The summed E-state index contributed by atoms with van der Waals surface area (Å²) in [5.41, 5.74) is 5.55. The number of piperidine rings is 1. The van der Waals surface area contributed by atoms with E-state index in [1.54, 1.807) is 30.2 Å². The monoisotopic (exact) mass is 692 g/mol. The smallest absolute Gasteiger partial charge is 0.272 e. The number of anilines is 1. The van der Waals surface area contributed by atoms with Gasteiger partial charge < -0.3 is 24.5 Å². The maximum atomic E-state index is 14.5. The van der Waals surface area contributed by atoms with E-state index in [0.717, 1.165) is 40.7 Å². The Morgan fingerprint density at radius 1 is 0.980 bits per heavy atom. The summed E-state index contributed by atoms with van der Waals surface area (Å²) in [4.78, 5) is 41.0. The number of benzene rings is 3. The molecule has 2 atom stereocenters. The first-order valence-electron chi connectivity index (χ1n) is 16.1. The first kappa shape index (κ1) is 32.4. The second-order valence-corrected chi connectivity index (χ2v) is 13.0. The van der Waals surface area contributed by atoms with E-state index in [1.165, 1.54) is 0 Å². The molecule has 0 spiro atoms. The van der Waals surface area contributed by atoms with Crippen molar-refractivity contribution in [3.8, 4) is 28.4 Å². The van der Waals surface area contributed by atoms with Gasteiger partial charge in [0.25, 0.3) is 5.91 Å². The molecule has 9 nitrogen and oxygen atoms in total. The van der Waals surface area contributed by atoms with Gasteiger partial charge in [0.2, 0.25) is 11.8 Å². The van der Waals surface area contributed by atoms with E-state index in [4.69, 9.17) is 32.9 Å². The Kier molecular flexibility index (Phi) is 9.12. The average molecular weight is 694 g/mol. The SMILES string of the molecule is CC(=O)N1CCC[C@@H](Oc2ncccc2NC(=O)c2[nH]c3cc(Cl)ccc3c2-c2c(-c3ccccc3)ncn2[C@@H](C)c2ccc(Cl)cc2)C1. The van der Waals surface area contributed by atoms with Crippen molar-refractivity contribution >= 4 is 51.6 Å². The van der Waals surface area contributed by atoms with Crippen molar-refractivity contribution < 1.29 is 14.3 Å². The highest BCUT2D eigenvalue weighted by Gasteiger charge is 2.29. The van der Waals surface area contributed by atoms with Crippen molar-refractivity contribution in [3.05, 3.63) is 119 Å². The predicted octanol–water partition coefficient (Wildman–Crippen LogP) is 8.65. The summed E-state index contributed by atoms with van der Waals surface area (Å²) < 4.78 is 8.38. The zero-order chi connectivity index (χ0) is 34.1. The zero-order valence-corrected chi connectivity index (χ0v) is 28.5. The molecule has 0 unspecified atom stereocenters. The third-order valence-electron chi connectivity index (χ3n) is 8.96. The second kappa shape index (κ2) is 13.8. The minimum Gasteiger partial charge on any atom is -0.471 e. The third kappa shape index (κ3) is 6.64. The summed E-state index contributed by atoms with van der Waals surface area (Å²) >= 11 is 12.7. The quantitative estimate of drug-likeness (QED) is 0.166. The molecule has 49 heavy (non-hydrogen) atoms. The molecule has 1 saturated heterocycles. The normalized spacial score (nSPS) is 15.3. The number of H-pyrrole nitrogens is 1. The van der Waals surface area contributed by atoms with Gasteiger partial charge in [0.05, 0.1) is 30.3 Å². The molecule has 6 aromatic rings. The average Bonchev–Trinajstić information content (AvgIpc) is 3.71. The van der Waals surface area contributed by atoms with Gasteiger partial charge in [-0.2, -0.15) is 0 Å². The van der Waals surface area contributed by atoms with Crippen LogP contribution >= 0.6 is 23.2 Å². The fraction of sp³-hybridized carbons (Fsp3) is 0.211. The summed E-state index contributed by atoms with van der Waals surface area (Å²) in [5, 5.41) is 5.06. The standard InChI is InChI=1S/C38H34Cl2N6O3/c1-23(25-12-14-27(39)15-13-25)46-22-42-34(26-8-4-3-5-9-26)36(46)33-30-17-16-28(40)20-32(30)43-35(33)37(48)44-31-11-6-18-41-38(31)49-29-10-7-19-45(21-29)24(2)47/h3-6,8-9,11-18,20,22-23,29,43H,7,10,19,21H2,1-2H3,(H,44,48)/t23-,29+/m0/s1. The molecule has 4 heterocycles. The fourth-order valence-electron chi connectivity index (χ4n) is 6.44. The molecule has 3 aromatic heterocycles. The number of nitrogens with one attached hydrogen (secondary N) is 2. The summed E-state index contributed by atoms with van der Waals surface area (Å²) in [6, 6.07) is 26.5. The Bertz CT molecular complexity index is 2140. The number of imidazole rings is 1. The molecule has 1 fully saturated rings. The van der Waals surface area contributed by atoms with Crippen LogP contribution in [0.5, 0.6) is 5.88 Å². The van der Waals surface area contributed by atoms with Crippen LogP contribution in [-0.4, -0.2) is 55.4 Å². The molecule has 2 N–H and O–H groups in total. The van der Waals surface area contributed by atoms with Gasteiger partial charge in [-0.25, -0.2) is 9.97 Å². The maximum absolute atomic E-state index is 14.5. The van der Waals surface area contributed by atoms with Crippen molar-refractivity contribution in [2.75, 3.05) is 18.4 Å². The minimum atomic E-state index is -0.389. The molecule has 1 aliphatic rings. The van der Waals surface area contributed by atoms with Crippen LogP contribution in [0.4, 0.5) is 5.69 Å². The largest absolute Gasteiger partial charge is 0.471 e. The van der Waals surface area contributed by atoms with Crippen molar-refractivity contribution in [1.82, 2.24) is 24.4 Å². The van der Waals surface area contributed by atoms with E-state index < -0.39 is 0 Å². The lowest BCUT2D eigenvalue weighted by molar-refractivity contribution is -0.131. The van der Waals surface area contributed by atoms with Crippen molar-refractivity contribution in [3.63, 3.8) is 0 Å². The van der Waals surface area contributed by atoms with Gasteiger partial charge in [-0.05, 0) is 61.7 Å². The van der Waals surface area contributed by atoms with Gasteiger partial charge in [0.1, 0.15) is 17.5 Å². The molecule has 1 aliphatic heterocycles. The Morgan fingerprint density at radius 2 is 1.76 bits per heavy atom. The molecule has 11 heteroatoms. The van der Waals surface area contributed by atoms with Crippen LogP contribution in [0.25, 0.3) is 33.4 Å². The summed E-state index contributed by atoms with van der Waals surface area (Å²) in [6.45, 7) is 4.81. The lowest BCUT2D eigenvalue weighted by Gasteiger charge is -2.32. The second-order valence-electron chi connectivity index (χ2n) is 12.2. The van der Waals surface area contributed by atoms with E-state index >= 15 is 0 Å². The van der Waals surface area contributed by atoms with Gasteiger partial charge in [0, 0.05) is 51.7 Å². The molecule has 0 aliphatic carbocycles. The van der Waals surface area contributed by atoms with Crippen molar-refractivity contribution in [1.29, 1.82) is 0 Å². The highest BCUT2D eigenvalue weighted by Crippen LogP contribution is 2.41. The first-order chi connectivity index (χ1) is 23.8. The van der Waals surface area contributed by atoms with Gasteiger partial charge in [-0.3, -0.25) is 9.59 Å². The number of aromatic nitrogens is 4. The fourth-order valence-corrected chi connectivity index (χ4v) is 6.74. The Morgan fingerprint density at radius 3 is 2.53 bits per heavy atom. The molecular formula is C38H34Cl2N6O3. The molecule has 0 saturated carbocycles. The van der Waals surface area contributed by atoms with Crippen LogP contribution in [0.2, 0.25) is 10.0 Å². The number of aromatic amines is 1. The topological polar surface area (TPSA) is 105 Å². The number of hydrogen-bond donors (Lipinski definition) is 2. The molecule has 0 radical (unpaired) electrons. The summed E-state index contributed by atoms with van der Waals surface area (Å²) in [7, 11) is 0. The van der Waals surface area contributed by atoms with Gasteiger partial charge >= 0.3 is 0 Å². The Labute approximate surface area is 293 Å². The van der Waals surface area contributed by atoms with Crippen molar-refractivity contribution in [2.24, 2.45) is 0 Å². The highest BCUT2D eigenvalue weighted by atomic mass is 35.5. The van der Waals surface area contributed by atoms with E-state index in [-0.39, 0.29) is 24.0 Å². The number of ether oxygens (including phenoxy) is 1. The van der Waals surface area contributed by atoms with E-state index in [0.29, 0.717) is 51.5 Å². The molecule has 2 amide bonds. The van der Waals surface area contributed by atoms with Gasteiger partial charge in [-0.15, -0.1) is 0 Å². The number of fused-ring (bicyclic) bond motifs is 1. The lowest BCUT2D eigenvalue weighted by Crippen LogP contribution is -2.43. The first-order valence-corrected chi connectivity index (χ1v) is 16.9. The minimum absolute atomic E-state index is 0.00813. The zero-order valence-electron chi connectivity index (χ0n) is 27.0. The van der Waals surface area contributed by atoms with Crippen molar-refractivity contribution in [2.45, 2.75) is 38.8 Å². The third-order valence-corrected chi connectivity index (χ3v) is 9.44. The Balaban J connectivity index is 1.33. The van der Waals surface area contributed by atoms with Gasteiger partial charge in [0.15, 0.2) is 0 Å². The summed E-state index contributed by atoms with van der Waals surface area (Å²) in [6.07, 6.45) is 4.79. The highest BCUT2D eigenvalue weighted by molar-refractivity contribution is 6.31. The molecule has 7 rings (SSSR count). The predicted molar refractivity (Wildman–Crippen MR) is 193 cm³/mol. The lowest BCUT2D eigenvalue weighted by atomic mass is 9.99. The van der Waals surface area contributed by atoms with Gasteiger partial charge in [-0.1, -0.05) is 71.7 Å². The van der Waals surface area contributed by atoms with Crippen LogP contribution in [0.1, 0.15) is 48.8 Å². The maximum Gasteiger partial charge on any atom is 0.272 e. The van der Waals surface area contributed by atoms with E-state index in [1.807, 2.05) is 79.1 Å².